The van der Waals surface area contributed by atoms with Gasteiger partial charge in [-0.15, -0.1) is 0 Å². The third-order valence-corrected chi connectivity index (χ3v) is 4.78. The average molecular weight is 394 g/mol. The lowest BCUT2D eigenvalue weighted by Crippen LogP contribution is -2.49. The van der Waals surface area contributed by atoms with Crippen LogP contribution in [0.15, 0.2) is 52.9 Å². The molecule has 1 saturated heterocycles. The van der Waals surface area contributed by atoms with Crippen LogP contribution < -0.4 is 4.90 Å². The molecule has 1 fully saturated rings. The van der Waals surface area contributed by atoms with Crippen LogP contribution in [-0.4, -0.2) is 42.0 Å². The molecule has 6 nitrogen and oxygen atoms in total. The number of nitriles is 1. The van der Waals surface area contributed by atoms with Crippen LogP contribution in [0.1, 0.15) is 16.1 Å². The smallest absolute Gasteiger partial charge is 0.256 e. The number of hydrogen-bond acceptors (Lipinski definition) is 5. The van der Waals surface area contributed by atoms with E-state index in [2.05, 4.69) is 4.98 Å². The lowest BCUT2D eigenvalue weighted by Gasteiger charge is -2.34. The summed E-state index contributed by atoms with van der Waals surface area (Å²) in [5, 5.41) is 9.40. The summed E-state index contributed by atoms with van der Waals surface area (Å²) in [7, 11) is 0. The van der Waals surface area contributed by atoms with Crippen molar-refractivity contribution in [1.29, 1.82) is 5.26 Å². The van der Waals surface area contributed by atoms with E-state index >= 15 is 0 Å². The molecule has 1 aliphatic rings. The number of nitrogens with zero attached hydrogens (tertiary/aromatic N) is 4. The molecule has 1 aliphatic heterocycles. The summed E-state index contributed by atoms with van der Waals surface area (Å²) in [5.74, 6) is -1.17. The van der Waals surface area contributed by atoms with Gasteiger partial charge in [0.2, 0.25) is 17.5 Å². The number of anilines is 1. The first kappa shape index (κ1) is 18.6. The van der Waals surface area contributed by atoms with Gasteiger partial charge >= 0.3 is 0 Å². The molecule has 8 heteroatoms. The third-order valence-electron chi connectivity index (χ3n) is 4.78. The van der Waals surface area contributed by atoms with E-state index in [0.29, 0.717) is 26.2 Å². The second-order valence-electron chi connectivity index (χ2n) is 6.52. The molecule has 1 amide bonds. The topological polar surface area (TPSA) is 73.4 Å². The average Bonchev–Trinajstić information content (AvgIpc) is 3.18. The molecule has 0 aliphatic carbocycles. The molecule has 0 unspecified atom stereocenters. The molecule has 2 heterocycles. The van der Waals surface area contributed by atoms with Crippen LogP contribution in [0.25, 0.3) is 11.5 Å². The van der Waals surface area contributed by atoms with Gasteiger partial charge in [0.15, 0.2) is 0 Å². The Balaban J connectivity index is 1.52. The first-order valence-electron chi connectivity index (χ1n) is 9.03. The molecule has 4 rings (SSSR count). The molecule has 0 bridgehead atoms. The monoisotopic (exact) mass is 394 g/mol. The van der Waals surface area contributed by atoms with Crippen LogP contribution in [0.4, 0.5) is 14.7 Å². The van der Waals surface area contributed by atoms with Crippen LogP contribution in [0.5, 0.6) is 0 Å². The fourth-order valence-corrected chi connectivity index (χ4v) is 3.27. The van der Waals surface area contributed by atoms with Crippen LogP contribution in [0.2, 0.25) is 0 Å². The number of carbonyl (C=O) groups is 1. The Morgan fingerprint density at radius 2 is 1.66 bits per heavy atom. The highest BCUT2D eigenvalue weighted by Crippen LogP contribution is 2.30. The number of rotatable bonds is 3. The Hall–Kier alpha value is -3.73. The zero-order valence-electron chi connectivity index (χ0n) is 15.3. The predicted octanol–water partition coefficient (Wildman–Crippen LogP) is 3.45. The number of piperazine rings is 1. The Morgan fingerprint density at radius 1 is 1.00 bits per heavy atom. The number of amides is 1. The van der Waals surface area contributed by atoms with Gasteiger partial charge in [-0.05, 0) is 24.3 Å². The number of hydrogen-bond donors (Lipinski definition) is 0. The van der Waals surface area contributed by atoms with Crippen LogP contribution in [0.3, 0.4) is 0 Å². The third kappa shape index (κ3) is 3.55. The van der Waals surface area contributed by atoms with Gasteiger partial charge in [0, 0.05) is 26.2 Å². The maximum absolute atomic E-state index is 14.0. The largest absolute Gasteiger partial charge is 0.419 e. The summed E-state index contributed by atoms with van der Waals surface area (Å²) in [6.07, 6.45) is 0. The summed E-state index contributed by atoms with van der Waals surface area (Å²) in [6, 6.07) is 13.8. The van der Waals surface area contributed by atoms with Crippen molar-refractivity contribution < 1.29 is 18.0 Å². The van der Waals surface area contributed by atoms with Crippen molar-refractivity contribution in [3.63, 3.8) is 0 Å². The minimum absolute atomic E-state index is 0.0273. The van der Waals surface area contributed by atoms with E-state index in [0.717, 1.165) is 0 Å². The predicted molar refractivity (Wildman–Crippen MR) is 101 cm³/mol. The molecule has 0 N–H and O–H groups in total. The Morgan fingerprint density at radius 3 is 2.31 bits per heavy atom. The molecule has 0 atom stereocenters. The molecule has 1 aromatic heterocycles. The zero-order chi connectivity index (χ0) is 20.4. The van der Waals surface area contributed by atoms with E-state index in [1.165, 1.54) is 30.3 Å². The van der Waals surface area contributed by atoms with Crippen molar-refractivity contribution in [2.24, 2.45) is 0 Å². The van der Waals surface area contributed by atoms with E-state index in [9.17, 15) is 18.8 Å². The van der Waals surface area contributed by atoms with Crippen molar-refractivity contribution in [3.05, 3.63) is 71.4 Å². The van der Waals surface area contributed by atoms with Gasteiger partial charge < -0.3 is 14.2 Å². The number of aromatic nitrogens is 1. The van der Waals surface area contributed by atoms with E-state index < -0.39 is 11.6 Å². The van der Waals surface area contributed by atoms with Gasteiger partial charge in [-0.1, -0.05) is 24.3 Å². The van der Waals surface area contributed by atoms with Gasteiger partial charge in [-0.3, -0.25) is 4.79 Å². The minimum atomic E-state index is -0.559. The minimum Gasteiger partial charge on any atom is -0.419 e. The molecule has 146 valence electrons. The first-order chi connectivity index (χ1) is 14.1. The molecular weight excluding hydrogens is 378 g/mol. The van der Waals surface area contributed by atoms with Gasteiger partial charge in [-0.2, -0.15) is 10.2 Å². The summed E-state index contributed by atoms with van der Waals surface area (Å²) in [6.45, 7) is 1.41. The van der Waals surface area contributed by atoms with Gasteiger partial charge in [0.25, 0.3) is 5.91 Å². The van der Waals surface area contributed by atoms with Gasteiger partial charge in [-0.25, -0.2) is 8.78 Å². The van der Waals surface area contributed by atoms with E-state index in [-0.39, 0.29) is 34.5 Å². The second-order valence-corrected chi connectivity index (χ2v) is 6.52. The second kappa shape index (κ2) is 7.72. The Kier molecular flexibility index (Phi) is 4.96. The van der Waals surface area contributed by atoms with Crippen molar-refractivity contribution >= 4 is 11.8 Å². The number of oxazole rings is 1. The quantitative estimate of drug-likeness (QED) is 0.680. The maximum Gasteiger partial charge on any atom is 0.256 e. The summed E-state index contributed by atoms with van der Waals surface area (Å²) in [5.41, 5.74) is 0.251. The SMILES string of the molecule is N#Cc1nc(-c2ccccc2F)oc1N1CCN(C(=O)c2ccccc2F)CC1. The Bertz CT molecular complexity index is 1100. The lowest BCUT2D eigenvalue weighted by molar-refractivity contribution is 0.0740. The molecular formula is C21H16F2N4O2. The van der Waals surface area contributed by atoms with E-state index in [1.54, 1.807) is 28.0 Å². The zero-order valence-corrected chi connectivity index (χ0v) is 15.3. The Labute approximate surface area is 165 Å². The fraction of sp³-hybridized carbons (Fsp3) is 0.190. The van der Waals surface area contributed by atoms with Crippen molar-refractivity contribution in [1.82, 2.24) is 9.88 Å². The van der Waals surface area contributed by atoms with Crippen molar-refractivity contribution in [2.45, 2.75) is 0 Å². The highest BCUT2D eigenvalue weighted by atomic mass is 19.1. The highest BCUT2D eigenvalue weighted by molar-refractivity contribution is 5.94. The molecule has 0 saturated carbocycles. The lowest BCUT2D eigenvalue weighted by atomic mass is 10.1. The molecule has 29 heavy (non-hydrogen) atoms. The highest BCUT2D eigenvalue weighted by Gasteiger charge is 2.28. The maximum atomic E-state index is 14.0. The van der Waals surface area contributed by atoms with Crippen molar-refractivity contribution in [2.75, 3.05) is 31.1 Å². The van der Waals surface area contributed by atoms with E-state index in [1.807, 2.05) is 6.07 Å². The number of carbonyl (C=O) groups excluding carboxylic acids is 1. The molecule has 0 radical (unpaired) electrons. The van der Waals surface area contributed by atoms with Gasteiger partial charge in [0.1, 0.15) is 17.7 Å². The molecule has 2 aromatic carbocycles. The first-order valence-corrected chi connectivity index (χ1v) is 9.03. The van der Waals surface area contributed by atoms with Crippen LogP contribution in [-0.2, 0) is 0 Å². The van der Waals surface area contributed by atoms with Crippen LogP contribution in [0, 0.1) is 23.0 Å². The van der Waals surface area contributed by atoms with Crippen LogP contribution >= 0.6 is 0 Å². The molecule has 3 aromatic rings. The fourth-order valence-electron chi connectivity index (χ4n) is 3.27. The standard InChI is InChI=1S/C21H16F2N4O2/c22-16-7-3-1-5-14(16)19-25-18(13-24)21(29-19)27-11-9-26(10-12-27)20(28)15-6-2-4-8-17(15)23/h1-8H,9-12H2. The summed E-state index contributed by atoms with van der Waals surface area (Å²) in [4.78, 5) is 20.0. The van der Waals surface area contributed by atoms with E-state index in [4.69, 9.17) is 4.42 Å². The normalized spacial score (nSPS) is 14.0. The van der Waals surface area contributed by atoms with Gasteiger partial charge in [0.05, 0.1) is 11.1 Å². The molecule has 0 spiro atoms. The summed E-state index contributed by atoms with van der Waals surface area (Å²) >= 11 is 0. The number of halogens is 2. The summed E-state index contributed by atoms with van der Waals surface area (Å²) < 4.78 is 33.6. The number of benzene rings is 2. The van der Waals surface area contributed by atoms with Crippen molar-refractivity contribution in [3.8, 4) is 17.5 Å².